The maximum Gasteiger partial charge on any atom is 0.154 e. The van der Waals surface area contributed by atoms with Gasteiger partial charge in [-0.15, -0.1) is 0 Å². The minimum absolute atomic E-state index is 0.0643. The molecule has 0 saturated heterocycles. The minimum atomic E-state index is -1.20. The summed E-state index contributed by atoms with van der Waals surface area (Å²) < 4.78 is 0. The first kappa shape index (κ1) is 14.8. The third-order valence-corrected chi connectivity index (χ3v) is 2.54. The highest BCUT2D eigenvalue weighted by molar-refractivity contribution is 4.57. The van der Waals surface area contributed by atoms with E-state index in [9.17, 15) is 5.11 Å². The van der Waals surface area contributed by atoms with Crippen molar-refractivity contribution in [2.45, 2.75) is 58.5 Å². The van der Waals surface area contributed by atoms with Crippen molar-refractivity contribution < 1.29 is 15.3 Å². The molecule has 0 aliphatic carbocycles. The first-order valence-corrected chi connectivity index (χ1v) is 5.85. The van der Waals surface area contributed by atoms with Gasteiger partial charge in [0.2, 0.25) is 0 Å². The Morgan fingerprint density at radius 1 is 1.07 bits per heavy atom. The van der Waals surface area contributed by atoms with Gasteiger partial charge in [-0.1, -0.05) is 26.7 Å². The van der Waals surface area contributed by atoms with Crippen molar-refractivity contribution in [2.24, 2.45) is 5.92 Å². The van der Waals surface area contributed by atoms with Crippen molar-refractivity contribution >= 4 is 0 Å². The van der Waals surface area contributed by atoms with Crippen molar-refractivity contribution in [3.05, 3.63) is 0 Å². The van der Waals surface area contributed by atoms with Crippen LogP contribution in [-0.2, 0) is 0 Å². The molecule has 0 fully saturated rings. The van der Waals surface area contributed by atoms with E-state index in [1.165, 1.54) is 0 Å². The predicted octanol–water partition coefficient (Wildman–Crippen LogP) is 0.812. The van der Waals surface area contributed by atoms with Gasteiger partial charge in [-0.25, -0.2) is 0 Å². The number of aliphatic hydroxyl groups excluding tert-OH is 2. The van der Waals surface area contributed by atoms with E-state index in [1.807, 2.05) is 13.8 Å². The molecule has 2 atom stereocenters. The van der Waals surface area contributed by atoms with Crippen LogP contribution < -0.4 is 5.32 Å². The summed E-state index contributed by atoms with van der Waals surface area (Å²) in [6.45, 7) is 4.65. The smallest absolute Gasteiger partial charge is 0.154 e. The quantitative estimate of drug-likeness (QED) is 0.342. The molecule has 0 heterocycles. The molecule has 0 spiro atoms. The molecule has 0 aliphatic rings. The van der Waals surface area contributed by atoms with Crippen LogP contribution in [0.15, 0.2) is 0 Å². The number of nitrogens with one attached hydrogen (secondary N) is 1. The highest BCUT2D eigenvalue weighted by Gasteiger charge is 2.09. The van der Waals surface area contributed by atoms with Crippen molar-refractivity contribution in [3.8, 4) is 0 Å². The van der Waals surface area contributed by atoms with Gasteiger partial charge in [-0.05, 0) is 25.8 Å². The fourth-order valence-corrected chi connectivity index (χ4v) is 1.38. The highest BCUT2D eigenvalue weighted by Crippen LogP contribution is 2.10. The van der Waals surface area contributed by atoms with Crippen LogP contribution in [0.2, 0.25) is 0 Å². The molecule has 4 heteroatoms. The molecule has 92 valence electrons. The summed E-state index contributed by atoms with van der Waals surface area (Å²) in [4.78, 5) is 0. The summed E-state index contributed by atoms with van der Waals surface area (Å²) >= 11 is 0. The zero-order valence-corrected chi connectivity index (χ0v) is 9.82. The number of hydrogen-bond acceptors (Lipinski definition) is 4. The van der Waals surface area contributed by atoms with Crippen LogP contribution in [0.3, 0.4) is 0 Å². The number of unbranched alkanes of at least 4 members (excludes halogenated alkanes) is 1. The van der Waals surface area contributed by atoms with Gasteiger partial charge in [-0.2, -0.15) is 0 Å². The molecule has 1 unspecified atom stereocenters. The average Bonchev–Trinajstić information content (AvgIpc) is 2.17. The van der Waals surface area contributed by atoms with Crippen LogP contribution in [0, 0.1) is 5.92 Å². The van der Waals surface area contributed by atoms with Gasteiger partial charge in [0.15, 0.2) is 6.29 Å². The molecule has 0 saturated carbocycles. The summed E-state index contributed by atoms with van der Waals surface area (Å²) in [6.07, 6.45) is 2.87. The lowest BCUT2D eigenvalue weighted by Crippen LogP contribution is -2.29. The molecule has 4 nitrogen and oxygen atoms in total. The number of rotatable bonds is 9. The van der Waals surface area contributed by atoms with Gasteiger partial charge in [-0.3, -0.25) is 5.32 Å². The summed E-state index contributed by atoms with van der Waals surface area (Å²) in [6, 6.07) is 0. The Kier molecular flexibility index (Phi) is 9.00. The average molecular weight is 219 g/mol. The van der Waals surface area contributed by atoms with Crippen LogP contribution >= 0.6 is 0 Å². The Hall–Kier alpha value is -0.160. The van der Waals surface area contributed by atoms with Crippen LogP contribution in [0.25, 0.3) is 0 Å². The first-order valence-electron chi connectivity index (χ1n) is 5.85. The van der Waals surface area contributed by atoms with Crippen LogP contribution in [0.4, 0.5) is 0 Å². The van der Waals surface area contributed by atoms with Crippen molar-refractivity contribution in [1.82, 2.24) is 5.32 Å². The van der Waals surface area contributed by atoms with Gasteiger partial charge in [0.05, 0.1) is 0 Å². The van der Waals surface area contributed by atoms with Gasteiger partial charge in [0.25, 0.3) is 0 Å². The lowest BCUT2D eigenvalue weighted by Gasteiger charge is -2.14. The zero-order valence-electron chi connectivity index (χ0n) is 9.82. The molecule has 4 N–H and O–H groups in total. The van der Waals surface area contributed by atoms with Gasteiger partial charge in [0.1, 0.15) is 6.23 Å². The molecule has 0 amide bonds. The molecule has 0 rings (SSSR count). The molecule has 0 radical (unpaired) electrons. The van der Waals surface area contributed by atoms with Crippen LogP contribution in [0.1, 0.15) is 46.0 Å². The van der Waals surface area contributed by atoms with E-state index in [1.54, 1.807) is 0 Å². The Balaban J connectivity index is 3.24. The van der Waals surface area contributed by atoms with E-state index >= 15 is 0 Å². The Bertz CT molecular complexity index is 142. The molecule has 15 heavy (non-hydrogen) atoms. The lowest BCUT2D eigenvalue weighted by molar-refractivity contribution is -0.0808. The normalized spacial score (nSPS) is 15.6. The maximum absolute atomic E-state index is 9.35. The summed E-state index contributed by atoms with van der Waals surface area (Å²) in [7, 11) is 0. The molecule has 0 aliphatic heterocycles. The van der Waals surface area contributed by atoms with Crippen LogP contribution in [0.5, 0.6) is 0 Å². The first-order chi connectivity index (χ1) is 7.07. The summed E-state index contributed by atoms with van der Waals surface area (Å²) in [5.41, 5.74) is 0. The number of aliphatic hydroxyl groups is 3. The van der Waals surface area contributed by atoms with E-state index < -0.39 is 12.5 Å². The van der Waals surface area contributed by atoms with Crippen molar-refractivity contribution in [1.29, 1.82) is 0 Å². The zero-order chi connectivity index (χ0) is 11.7. The topological polar surface area (TPSA) is 72.7 Å². The SMILES string of the molecule is CCCC(O)NCCCC[C@@H](C)C(O)O. The highest BCUT2D eigenvalue weighted by atomic mass is 16.5. The van der Waals surface area contributed by atoms with E-state index in [0.717, 1.165) is 38.6 Å². The Labute approximate surface area is 92.3 Å². The molecule has 0 aromatic carbocycles. The molecule has 0 bridgehead atoms. The fourth-order valence-electron chi connectivity index (χ4n) is 1.38. The van der Waals surface area contributed by atoms with E-state index in [4.69, 9.17) is 10.2 Å². The fraction of sp³-hybridized carbons (Fsp3) is 1.00. The second-order valence-electron chi connectivity index (χ2n) is 4.15. The second kappa shape index (κ2) is 9.09. The Morgan fingerprint density at radius 2 is 1.73 bits per heavy atom. The van der Waals surface area contributed by atoms with Crippen LogP contribution in [-0.4, -0.2) is 34.4 Å². The molecule has 0 aromatic heterocycles. The summed E-state index contributed by atoms with van der Waals surface area (Å²) in [5.74, 6) is -0.0643. The molecule has 0 aromatic rings. The van der Waals surface area contributed by atoms with E-state index in [-0.39, 0.29) is 5.92 Å². The lowest BCUT2D eigenvalue weighted by atomic mass is 10.0. The second-order valence-corrected chi connectivity index (χ2v) is 4.15. The van der Waals surface area contributed by atoms with Crippen molar-refractivity contribution in [2.75, 3.05) is 6.54 Å². The maximum atomic E-state index is 9.35. The third kappa shape index (κ3) is 8.81. The van der Waals surface area contributed by atoms with Crippen molar-refractivity contribution in [3.63, 3.8) is 0 Å². The monoisotopic (exact) mass is 219 g/mol. The Morgan fingerprint density at radius 3 is 2.27 bits per heavy atom. The van der Waals surface area contributed by atoms with E-state index in [0.29, 0.717) is 0 Å². The van der Waals surface area contributed by atoms with E-state index in [2.05, 4.69) is 5.32 Å². The van der Waals surface area contributed by atoms with Gasteiger partial charge < -0.3 is 15.3 Å². The molecular formula is C11H25NO3. The van der Waals surface area contributed by atoms with Gasteiger partial charge >= 0.3 is 0 Å². The standard InChI is InChI=1S/C11H25NO3/c1-3-6-10(13)12-8-5-4-7-9(2)11(14)15/h9-15H,3-8H2,1-2H3/t9-,10?/m1/s1. The minimum Gasteiger partial charge on any atom is -0.379 e. The largest absolute Gasteiger partial charge is 0.379 e. The summed E-state index contributed by atoms with van der Waals surface area (Å²) in [5, 5.41) is 30.0. The predicted molar refractivity (Wildman–Crippen MR) is 60.2 cm³/mol. The van der Waals surface area contributed by atoms with Gasteiger partial charge in [0, 0.05) is 5.92 Å². The number of hydrogen-bond donors (Lipinski definition) is 4. The molecular weight excluding hydrogens is 194 g/mol. The third-order valence-electron chi connectivity index (χ3n) is 2.54.